The van der Waals surface area contributed by atoms with E-state index in [1.165, 1.54) is 4.90 Å². The van der Waals surface area contributed by atoms with Gasteiger partial charge in [0.15, 0.2) is 0 Å². The van der Waals surface area contributed by atoms with Gasteiger partial charge in [-0.3, -0.25) is 9.69 Å². The van der Waals surface area contributed by atoms with Gasteiger partial charge in [-0.05, 0) is 13.3 Å². The molecule has 86 valence electrons. The van der Waals surface area contributed by atoms with Gasteiger partial charge in [-0.15, -0.1) is 0 Å². The average Bonchev–Trinajstić information content (AvgIpc) is 2.54. The van der Waals surface area contributed by atoms with Crippen LogP contribution in [0.4, 0.5) is 4.79 Å². The molecule has 1 aliphatic rings. The lowest BCUT2D eigenvalue weighted by atomic mass is 10.2. The molecule has 0 aromatic heterocycles. The number of hydrogen-bond acceptors (Lipinski definition) is 4. The van der Waals surface area contributed by atoms with Crippen molar-refractivity contribution in [2.45, 2.75) is 19.4 Å². The Bertz CT molecular complexity index is 229. The number of ether oxygens (including phenoxy) is 1. The normalized spacial score (nSPS) is 18.1. The number of hydrogen-bond donors (Lipinski definition) is 2. The maximum atomic E-state index is 11.2. The maximum Gasteiger partial charge on any atom is 0.324 e. The molecule has 1 saturated heterocycles. The molecule has 1 fully saturated rings. The second-order valence-corrected chi connectivity index (χ2v) is 3.31. The van der Waals surface area contributed by atoms with Crippen LogP contribution in [0.3, 0.4) is 0 Å². The van der Waals surface area contributed by atoms with Crippen molar-refractivity contribution >= 4 is 11.9 Å². The Morgan fingerprint density at radius 3 is 2.80 bits per heavy atom. The summed E-state index contributed by atoms with van der Waals surface area (Å²) >= 11 is 0. The van der Waals surface area contributed by atoms with Crippen molar-refractivity contribution in [3.63, 3.8) is 0 Å². The lowest BCUT2D eigenvalue weighted by Gasteiger charge is -2.18. The van der Waals surface area contributed by atoms with Gasteiger partial charge in [0.05, 0.1) is 12.6 Å². The summed E-state index contributed by atoms with van der Waals surface area (Å²) in [6.07, 6.45) is 0.500. The number of rotatable bonds is 6. The van der Waals surface area contributed by atoms with E-state index >= 15 is 0 Å². The highest BCUT2D eigenvalue weighted by atomic mass is 16.5. The predicted octanol–water partition coefficient (Wildman–Crippen LogP) is -0.708. The van der Waals surface area contributed by atoms with E-state index in [2.05, 4.69) is 5.32 Å². The summed E-state index contributed by atoms with van der Waals surface area (Å²) in [5.41, 5.74) is 5.48. The van der Waals surface area contributed by atoms with Crippen LogP contribution in [0.15, 0.2) is 0 Å². The lowest BCUT2D eigenvalue weighted by molar-refractivity contribution is -0.125. The fourth-order valence-corrected chi connectivity index (χ4v) is 1.46. The number of carbonyl (C=O) groups is 2. The molecule has 3 N–H and O–H groups in total. The highest BCUT2D eigenvalue weighted by Gasteiger charge is 2.28. The minimum absolute atomic E-state index is 0.0869. The van der Waals surface area contributed by atoms with Gasteiger partial charge in [-0.1, -0.05) is 0 Å². The highest BCUT2D eigenvalue weighted by molar-refractivity contribution is 6.01. The van der Waals surface area contributed by atoms with Gasteiger partial charge in [0, 0.05) is 19.7 Å². The molecular formula is C9H17N3O3. The van der Waals surface area contributed by atoms with E-state index < -0.39 is 0 Å². The van der Waals surface area contributed by atoms with Crippen LogP contribution in [0.2, 0.25) is 0 Å². The minimum Gasteiger partial charge on any atom is -0.377 e. The van der Waals surface area contributed by atoms with E-state index in [1.54, 1.807) is 0 Å². The number of carbonyl (C=O) groups excluding carboxylic acids is 2. The quantitative estimate of drug-likeness (QED) is 0.573. The van der Waals surface area contributed by atoms with Crippen LogP contribution in [0.25, 0.3) is 0 Å². The number of imide groups is 1. The zero-order valence-corrected chi connectivity index (χ0v) is 8.86. The molecule has 0 spiro atoms. The van der Waals surface area contributed by atoms with E-state index in [9.17, 15) is 9.59 Å². The molecular weight excluding hydrogens is 198 g/mol. The molecule has 6 heteroatoms. The summed E-state index contributed by atoms with van der Waals surface area (Å²) in [6.45, 7) is 3.34. The lowest BCUT2D eigenvalue weighted by Crippen LogP contribution is -2.35. The topological polar surface area (TPSA) is 84.7 Å². The summed E-state index contributed by atoms with van der Waals surface area (Å²) in [6, 6.07) is -0.327. The van der Waals surface area contributed by atoms with Crippen molar-refractivity contribution in [3.05, 3.63) is 0 Å². The molecule has 0 aromatic rings. The van der Waals surface area contributed by atoms with Crippen LogP contribution in [-0.2, 0) is 9.53 Å². The molecule has 0 saturated carbocycles. The molecule has 6 nitrogen and oxygen atoms in total. The summed E-state index contributed by atoms with van der Waals surface area (Å²) in [5, 5.41) is 2.46. The Hall–Kier alpha value is -1.14. The van der Waals surface area contributed by atoms with Crippen molar-refractivity contribution in [1.29, 1.82) is 0 Å². The van der Waals surface area contributed by atoms with E-state index in [0.717, 1.165) is 0 Å². The molecule has 1 unspecified atom stereocenters. The first kappa shape index (κ1) is 11.9. The van der Waals surface area contributed by atoms with Crippen LogP contribution in [0.1, 0.15) is 13.3 Å². The Balaban J connectivity index is 2.34. The first-order valence-electron chi connectivity index (χ1n) is 5.09. The van der Waals surface area contributed by atoms with Gasteiger partial charge >= 0.3 is 6.03 Å². The van der Waals surface area contributed by atoms with Crippen LogP contribution in [-0.4, -0.2) is 49.2 Å². The van der Waals surface area contributed by atoms with Crippen molar-refractivity contribution < 1.29 is 14.3 Å². The van der Waals surface area contributed by atoms with E-state index in [1.807, 2.05) is 6.92 Å². The Morgan fingerprint density at radius 2 is 2.33 bits per heavy atom. The molecule has 1 aliphatic heterocycles. The summed E-state index contributed by atoms with van der Waals surface area (Å²) in [7, 11) is 0. The predicted molar refractivity (Wildman–Crippen MR) is 54.2 cm³/mol. The fourth-order valence-electron chi connectivity index (χ4n) is 1.46. The molecule has 0 radical (unpaired) electrons. The summed E-state index contributed by atoms with van der Waals surface area (Å²) in [5.74, 6) is -0.188. The molecule has 1 atom stereocenters. The van der Waals surface area contributed by atoms with Gasteiger partial charge in [-0.2, -0.15) is 0 Å². The number of nitrogens with two attached hydrogens (primary N) is 1. The number of amides is 3. The second kappa shape index (κ2) is 5.67. The largest absolute Gasteiger partial charge is 0.377 e. The summed E-state index contributed by atoms with van der Waals surface area (Å²) < 4.78 is 5.33. The van der Waals surface area contributed by atoms with E-state index in [4.69, 9.17) is 10.5 Å². The second-order valence-electron chi connectivity index (χ2n) is 3.31. The van der Waals surface area contributed by atoms with Crippen molar-refractivity contribution in [3.8, 4) is 0 Å². The third kappa shape index (κ3) is 3.17. The van der Waals surface area contributed by atoms with E-state index in [0.29, 0.717) is 26.1 Å². The van der Waals surface area contributed by atoms with Gasteiger partial charge in [0.1, 0.15) is 0 Å². The molecule has 3 amide bonds. The van der Waals surface area contributed by atoms with E-state index in [-0.39, 0.29) is 24.6 Å². The van der Waals surface area contributed by atoms with Crippen molar-refractivity contribution in [2.24, 2.45) is 5.73 Å². The maximum absolute atomic E-state index is 11.2. The van der Waals surface area contributed by atoms with Gasteiger partial charge in [-0.25, -0.2) is 4.79 Å². The molecule has 0 bridgehead atoms. The zero-order chi connectivity index (χ0) is 11.3. The summed E-state index contributed by atoms with van der Waals surface area (Å²) in [4.78, 5) is 23.6. The van der Waals surface area contributed by atoms with Crippen LogP contribution in [0, 0.1) is 0 Å². The first-order valence-corrected chi connectivity index (χ1v) is 5.09. The van der Waals surface area contributed by atoms with Gasteiger partial charge in [0.2, 0.25) is 5.91 Å². The third-order valence-electron chi connectivity index (χ3n) is 2.28. The minimum atomic E-state index is -0.327. The SMILES string of the molecule is CCOC(CN)CCN1C(=O)CNC1=O. The van der Waals surface area contributed by atoms with Crippen molar-refractivity contribution in [1.82, 2.24) is 10.2 Å². The smallest absolute Gasteiger partial charge is 0.324 e. The van der Waals surface area contributed by atoms with Gasteiger partial charge < -0.3 is 15.8 Å². The molecule has 15 heavy (non-hydrogen) atoms. The Morgan fingerprint density at radius 1 is 1.60 bits per heavy atom. The van der Waals surface area contributed by atoms with Crippen LogP contribution in [0.5, 0.6) is 0 Å². The highest BCUT2D eigenvalue weighted by Crippen LogP contribution is 2.04. The Kier molecular flexibility index (Phi) is 4.51. The van der Waals surface area contributed by atoms with Crippen LogP contribution < -0.4 is 11.1 Å². The molecule has 0 aromatic carbocycles. The fraction of sp³-hybridized carbons (Fsp3) is 0.778. The molecule has 1 rings (SSSR count). The van der Waals surface area contributed by atoms with Crippen LogP contribution >= 0.6 is 0 Å². The van der Waals surface area contributed by atoms with Gasteiger partial charge in [0.25, 0.3) is 0 Å². The third-order valence-corrected chi connectivity index (χ3v) is 2.28. The molecule has 0 aliphatic carbocycles. The number of nitrogens with zero attached hydrogens (tertiary/aromatic N) is 1. The zero-order valence-electron chi connectivity index (χ0n) is 8.86. The monoisotopic (exact) mass is 215 g/mol. The Labute approximate surface area is 88.7 Å². The number of nitrogens with one attached hydrogen (secondary N) is 1. The average molecular weight is 215 g/mol. The van der Waals surface area contributed by atoms with Crippen molar-refractivity contribution in [2.75, 3.05) is 26.2 Å². The molecule has 1 heterocycles. The number of urea groups is 1. The standard InChI is InChI=1S/C9H17N3O3/c1-2-15-7(5-10)3-4-12-8(13)6-11-9(12)14/h7H,2-6,10H2,1H3,(H,11,14). The first-order chi connectivity index (χ1) is 7.19.